The number of para-hydroxylation sites is 2. The molecule has 0 fully saturated rings. The van der Waals surface area contributed by atoms with Gasteiger partial charge in [0, 0.05) is 37.0 Å². The van der Waals surface area contributed by atoms with E-state index in [0.717, 1.165) is 34.3 Å². The van der Waals surface area contributed by atoms with Crippen LogP contribution < -0.4 is 10.0 Å². The maximum atomic E-state index is 12.7. The molecule has 0 N–H and O–H groups in total. The van der Waals surface area contributed by atoms with Crippen LogP contribution in [0, 0.1) is 11.8 Å². The van der Waals surface area contributed by atoms with Gasteiger partial charge in [-0.3, -0.25) is 19.6 Å². The highest BCUT2D eigenvalue weighted by Gasteiger charge is 2.33. The molecule has 4 rings (SSSR count). The first-order chi connectivity index (χ1) is 17.6. The third kappa shape index (κ3) is 6.30. The number of hydrogen-bond donors (Lipinski definition) is 0. The molecule has 186 valence electrons. The summed E-state index contributed by atoms with van der Waals surface area (Å²) in [7, 11) is 3.44. The third-order valence-electron chi connectivity index (χ3n) is 5.57. The van der Waals surface area contributed by atoms with Crippen LogP contribution in [0.1, 0.15) is 13.8 Å². The van der Waals surface area contributed by atoms with Gasteiger partial charge in [-0.2, -0.15) is 20.2 Å². The Kier molecular flexibility index (Phi) is 9.07. The first-order valence-electron chi connectivity index (χ1n) is 11.7. The minimum absolute atomic E-state index is 0.0738. The summed E-state index contributed by atoms with van der Waals surface area (Å²) in [5, 5.41) is 11.7. The molecule has 0 saturated carbocycles. The van der Waals surface area contributed by atoms with E-state index in [1.165, 1.54) is 10.0 Å². The smallest absolute Gasteiger partial charge is 0.261 e. The largest absolute Gasteiger partial charge is 0.295 e. The van der Waals surface area contributed by atoms with Crippen molar-refractivity contribution in [3.63, 3.8) is 0 Å². The van der Waals surface area contributed by atoms with Crippen molar-refractivity contribution in [1.29, 1.82) is 0 Å². The third-order valence-corrected chi connectivity index (χ3v) is 7.93. The molecule has 0 saturated heterocycles. The van der Waals surface area contributed by atoms with Gasteiger partial charge in [-0.1, -0.05) is 58.0 Å². The van der Waals surface area contributed by atoms with Gasteiger partial charge < -0.3 is 0 Å². The zero-order valence-electron chi connectivity index (χ0n) is 20.2. The second-order valence-corrected chi connectivity index (χ2v) is 10.9. The van der Waals surface area contributed by atoms with Crippen molar-refractivity contribution >= 4 is 68.6 Å². The van der Waals surface area contributed by atoms with E-state index in [0.29, 0.717) is 13.1 Å². The molecule has 2 aliphatic heterocycles. The van der Waals surface area contributed by atoms with Gasteiger partial charge in [0.05, 0.1) is 22.8 Å². The normalized spacial score (nSPS) is 20.2. The molecule has 2 heterocycles. The van der Waals surface area contributed by atoms with E-state index in [-0.39, 0.29) is 11.8 Å². The number of amides is 2. The lowest BCUT2D eigenvalue weighted by Crippen LogP contribution is -2.28. The van der Waals surface area contributed by atoms with Gasteiger partial charge in [0.15, 0.2) is 0 Å². The Balaban J connectivity index is 1.12. The van der Waals surface area contributed by atoms with E-state index in [4.69, 9.17) is 0 Å². The average molecular weight is 521 g/mol. The molecule has 10 heteroatoms. The van der Waals surface area contributed by atoms with Gasteiger partial charge in [-0.25, -0.2) is 0 Å². The number of anilines is 2. The fourth-order valence-electron chi connectivity index (χ4n) is 3.67. The van der Waals surface area contributed by atoms with Crippen molar-refractivity contribution in [2.24, 2.45) is 32.0 Å². The highest BCUT2D eigenvalue weighted by Crippen LogP contribution is 2.24. The van der Waals surface area contributed by atoms with Crippen LogP contribution >= 0.6 is 21.6 Å². The molecular formula is C26H28N6O2S2. The van der Waals surface area contributed by atoms with Crippen LogP contribution in [-0.4, -0.2) is 60.3 Å². The van der Waals surface area contributed by atoms with Crippen molar-refractivity contribution in [3.05, 3.63) is 60.7 Å². The second-order valence-electron chi connectivity index (χ2n) is 8.16. The lowest BCUT2D eigenvalue weighted by molar-refractivity contribution is -0.119. The zero-order valence-corrected chi connectivity index (χ0v) is 21.9. The number of hydrazone groups is 2. The molecule has 8 nitrogen and oxygen atoms in total. The monoisotopic (exact) mass is 520 g/mol. The standard InChI is InChI=1S/C26H28N6O2S2/c1-19-23(25(33)31(29-19)21-9-5-3-6-10-21)17-27-13-15-35-36-16-14-28-18-24-20(2)30-32(26(24)34)22-11-7-4-8-12-22/h3-12,17-18,23-24H,13-16H2,1-2H3. The van der Waals surface area contributed by atoms with Crippen LogP contribution in [0.3, 0.4) is 0 Å². The van der Waals surface area contributed by atoms with Gasteiger partial charge in [-0.15, -0.1) is 0 Å². The summed E-state index contributed by atoms with van der Waals surface area (Å²) in [6, 6.07) is 18.8. The summed E-state index contributed by atoms with van der Waals surface area (Å²) >= 11 is 0. The summed E-state index contributed by atoms with van der Waals surface area (Å²) < 4.78 is 0. The van der Waals surface area contributed by atoms with Crippen molar-refractivity contribution in [2.45, 2.75) is 13.8 Å². The average Bonchev–Trinajstić information content (AvgIpc) is 3.35. The topological polar surface area (TPSA) is 90.1 Å². The number of carbonyl (C=O) groups is 2. The van der Waals surface area contributed by atoms with Gasteiger partial charge in [0.1, 0.15) is 11.8 Å². The SMILES string of the molecule is CC1=NN(c2ccccc2)C(=O)C1C=NCCSSCCN=CC1C(=O)N(c2ccccc2)N=C1C. The summed E-state index contributed by atoms with van der Waals surface area (Å²) in [5.74, 6) is 0.721. The van der Waals surface area contributed by atoms with Gasteiger partial charge >= 0.3 is 0 Å². The quantitative estimate of drug-likeness (QED) is 0.246. The Morgan fingerprint density at radius 2 is 1.11 bits per heavy atom. The number of nitrogens with zero attached hydrogens (tertiary/aromatic N) is 6. The molecule has 2 amide bonds. The lowest BCUT2D eigenvalue weighted by atomic mass is 10.1. The summed E-state index contributed by atoms with van der Waals surface area (Å²) in [5.41, 5.74) is 3.03. The van der Waals surface area contributed by atoms with Crippen LogP contribution in [0.4, 0.5) is 11.4 Å². The Labute approximate surface area is 219 Å². The minimum Gasteiger partial charge on any atom is -0.295 e. The van der Waals surface area contributed by atoms with Crippen molar-refractivity contribution in [3.8, 4) is 0 Å². The number of benzene rings is 2. The van der Waals surface area contributed by atoms with Crippen molar-refractivity contribution < 1.29 is 9.59 Å². The number of hydrogen-bond acceptors (Lipinski definition) is 8. The Bertz CT molecular complexity index is 1090. The molecular weight excluding hydrogens is 492 g/mol. The molecule has 0 spiro atoms. The first kappa shape index (κ1) is 25.8. The van der Waals surface area contributed by atoms with Gasteiger partial charge in [0.25, 0.3) is 11.8 Å². The van der Waals surface area contributed by atoms with E-state index in [9.17, 15) is 9.59 Å². The summed E-state index contributed by atoms with van der Waals surface area (Å²) in [6.07, 6.45) is 3.42. The van der Waals surface area contributed by atoms with Crippen molar-refractivity contribution in [2.75, 3.05) is 34.6 Å². The van der Waals surface area contributed by atoms with E-state index in [1.807, 2.05) is 74.5 Å². The lowest BCUT2D eigenvalue weighted by Gasteiger charge is -2.12. The van der Waals surface area contributed by atoms with Gasteiger partial charge in [-0.05, 0) is 38.1 Å². The molecule has 36 heavy (non-hydrogen) atoms. The molecule has 0 bridgehead atoms. The Hall–Kier alpha value is -3.24. The molecule has 2 aromatic rings. The molecule has 2 unspecified atom stereocenters. The van der Waals surface area contributed by atoms with Crippen LogP contribution in [-0.2, 0) is 9.59 Å². The molecule has 0 aliphatic carbocycles. The van der Waals surface area contributed by atoms with Gasteiger partial charge in [0.2, 0.25) is 0 Å². The summed E-state index contributed by atoms with van der Waals surface area (Å²) in [6.45, 7) is 4.97. The Morgan fingerprint density at radius 1 is 0.722 bits per heavy atom. The Morgan fingerprint density at radius 3 is 1.50 bits per heavy atom. The highest BCUT2D eigenvalue weighted by atomic mass is 33.1. The predicted molar refractivity (Wildman–Crippen MR) is 153 cm³/mol. The predicted octanol–water partition coefficient (Wildman–Crippen LogP) is 4.59. The van der Waals surface area contributed by atoms with E-state index >= 15 is 0 Å². The summed E-state index contributed by atoms with van der Waals surface area (Å²) in [4.78, 5) is 34.2. The zero-order chi connectivity index (χ0) is 25.3. The fourth-order valence-corrected chi connectivity index (χ4v) is 5.42. The molecule has 0 radical (unpaired) electrons. The molecule has 2 atom stereocenters. The van der Waals surface area contributed by atoms with E-state index < -0.39 is 11.8 Å². The van der Waals surface area contributed by atoms with Crippen LogP contribution in [0.25, 0.3) is 0 Å². The molecule has 2 aliphatic rings. The van der Waals surface area contributed by atoms with Crippen LogP contribution in [0.5, 0.6) is 0 Å². The van der Waals surface area contributed by atoms with E-state index in [2.05, 4.69) is 20.2 Å². The fraction of sp³-hybridized carbons (Fsp3) is 0.308. The number of carbonyl (C=O) groups excluding carboxylic acids is 2. The van der Waals surface area contributed by atoms with Crippen LogP contribution in [0.2, 0.25) is 0 Å². The minimum atomic E-state index is -0.402. The van der Waals surface area contributed by atoms with E-state index in [1.54, 1.807) is 34.0 Å². The maximum absolute atomic E-state index is 12.7. The molecule has 2 aromatic carbocycles. The highest BCUT2D eigenvalue weighted by molar-refractivity contribution is 8.76. The number of aliphatic imine (C=N–C) groups is 2. The second kappa shape index (κ2) is 12.6. The molecule has 0 aromatic heterocycles. The maximum Gasteiger partial charge on any atom is 0.261 e. The number of rotatable bonds is 11. The van der Waals surface area contributed by atoms with Crippen LogP contribution in [0.15, 0.2) is 80.9 Å². The van der Waals surface area contributed by atoms with Crippen molar-refractivity contribution in [1.82, 2.24) is 0 Å². The first-order valence-corrected chi connectivity index (χ1v) is 14.2.